The van der Waals surface area contributed by atoms with Crippen LogP contribution in [0.4, 0.5) is 8.78 Å². The van der Waals surface area contributed by atoms with Crippen LogP contribution in [0.2, 0.25) is 0 Å². The lowest BCUT2D eigenvalue weighted by atomic mass is 10.1. The highest BCUT2D eigenvalue weighted by molar-refractivity contribution is 5.19. The lowest BCUT2D eigenvalue weighted by molar-refractivity contribution is 0.483. The van der Waals surface area contributed by atoms with Crippen molar-refractivity contribution >= 4 is 0 Å². The smallest absolute Gasteiger partial charge is 0.163 e. The predicted molar refractivity (Wildman–Crippen MR) is 65.8 cm³/mol. The molecule has 2 rings (SSSR count). The predicted octanol–water partition coefficient (Wildman–Crippen LogP) is 3.21. The van der Waals surface area contributed by atoms with Crippen LogP contribution in [0.3, 0.4) is 0 Å². The molecule has 0 radical (unpaired) electrons. The van der Waals surface area contributed by atoms with Crippen LogP contribution >= 0.6 is 0 Å². The third-order valence-corrected chi connectivity index (χ3v) is 2.76. The van der Waals surface area contributed by atoms with Gasteiger partial charge in [-0.05, 0) is 25.1 Å². The monoisotopic (exact) mass is 248 g/mol. The Hall–Kier alpha value is -1.81. The molecule has 1 aromatic carbocycles. The second kappa shape index (κ2) is 5.69. The molecule has 1 N–H and O–H groups in total. The molecule has 0 aliphatic heterocycles. The summed E-state index contributed by atoms with van der Waals surface area (Å²) in [7, 11) is 0. The van der Waals surface area contributed by atoms with Crippen molar-refractivity contribution in [3.8, 4) is 0 Å². The van der Waals surface area contributed by atoms with E-state index in [0.29, 0.717) is 5.56 Å². The molecule has 2 nitrogen and oxygen atoms in total. The van der Waals surface area contributed by atoms with Crippen molar-refractivity contribution in [1.82, 2.24) is 10.3 Å². The van der Waals surface area contributed by atoms with E-state index in [9.17, 15) is 8.78 Å². The number of nitrogens with one attached hydrogen (secondary N) is 1. The lowest BCUT2D eigenvalue weighted by Crippen LogP contribution is -2.19. The first kappa shape index (κ1) is 12.6. The Kier molecular flexibility index (Phi) is 3.99. The van der Waals surface area contributed by atoms with E-state index in [2.05, 4.69) is 10.3 Å². The van der Waals surface area contributed by atoms with E-state index in [1.165, 1.54) is 6.07 Å². The Morgan fingerprint density at radius 2 is 2.00 bits per heavy atom. The summed E-state index contributed by atoms with van der Waals surface area (Å²) in [4.78, 5) is 4.20. The van der Waals surface area contributed by atoms with E-state index in [1.54, 1.807) is 12.3 Å². The molecule has 1 heterocycles. The molecule has 4 heteroatoms. The molecule has 0 spiro atoms. The van der Waals surface area contributed by atoms with Crippen LogP contribution in [0.25, 0.3) is 0 Å². The Bertz CT molecular complexity index is 514. The molecule has 2 aromatic rings. The number of halogens is 2. The third-order valence-electron chi connectivity index (χ3n) is 2.76. The van der Waals surface area contributed by atoms with Gasteiger partial charge in [0.25, 0.3) is 0 Å². The van der Waals surface area contributed by atoms with Gasteiger partial charge in [0.15, 0.2) is 11.6 Å². The van der Waals surface area contributed by atoms with Crippen LogP contribution in [0, 0.1) is 11.6 Å². The van der Waals surface area contributed by atoms with Gasteiger partial charge in [0.1, 0.15) is 0 Å². The number of pyridine rings is 1. The summed E-state index contributed by atoms with van der Waals surface area (Å²) >= 11 is 0. The van der Waals surface area contributed by atoms with E-state index in [0.717, 1.165) is 11.8 Å². The first-order chi connectivity index (χ1) is 8.68. The molecular formula is C14H14F2N2. The third kappa shape index (κ3) is 2.90. The van der Waals surface area contributed by atoms with Gasteiger partial charge in [0, 0.05) is 24.3 Å². The average molecular weight is 248 g/mol. The summed E-state index contributed by atoms with van der Waals surface area (Å²) in [5, 5.41) is 3.11. The molecule has 0 aliphatic carbocycles. The molecule has 0 amide bonds. The van der Waals surface area contributed by atoms with E-state index in [4.69, 9.17) is 0 Å². The number of hydrogen-bond donors (Lipinski definition) is 1. The van der Waals surface area contributed by atoms with Crippen molar-refractivity contribution in [2.24, 2.45) is 0 Å². The second-order valence-corrected chi connectivity index (χ2v) is 4.07. The Balaban J connectivity index is 2.02. The fourth-order valence-corrected chi connectivity index (χ4v) is 1.68. The number of aromatic nitrogens is 1. The standard InChI is InChI=1S/C14H14F2N2/c1-10(13-7-2-3-8-17-13)18-9-11-5-4-6-12(15)14(11)16/h2-8,10,18H,9H2,1H3/t10-/m0/s1. The highest BCUT2D eigenvalue weighted by Gasteiger charge is 2.10. The van der Waals surface area contributed by atoms with Gasteiger partial charge >= 0.3 is 0 Å². The summed E-state index contributed by atoms with van der Waals surface area (Å²) in [5.74, 6) is -1.61. The van der Waals surface area contributed by atoms with Crippen molar-refractivity contribution < 1.29 is 8.78 Å². The van der Waals surface area contributed by atoms with Gasteiger partial charge in [-0.2, -0.15) is 0 Å². The second-order valence-electron chi connectivity index (χ2n) is 4.07. The van der Waals surface area contributed by atoms with Crippen LogP contribution in [0.15, 0.2) is 42.6 Å². The summed E-state index contributed by atoms with van der Waals surface area (Å²) in [5.41, 5.74) is 1.19. The van der Waals surface area contributed by atoms with E-state index >= 15 is 0 Å². The van der Waals surface area contributed by atoms with Gasteiger partial charge in [-0.15, -0.1) is 0 Å². The Morgan fingerprint density at radius 1 is 1.17 bits per heavy atom. The molecule has 0 aliphatic rings. The highest BCUT2D eigenvalue weighted by Crippen LogP contribution is 2.13. The van der Waals surface area contributed by atoms with Crippen molar-refractivity contribution in [1.29, 1.82) is 0 Å². The zero-order valence-corrected chi connectivity index (χ0v) is 10.0. The molecule has 0 saturated carbocycles. The number of benzene rings is 1. The normalized spacial score (nSPS) is 12.4. The fourth-order valence-electron chi connectivity index (χ4n) is 1.68. The minimum Gasteiger partial charge on any atom is -0.305 e. The molecule has 18 heavy (non-hydrogen) atoms. The largest absolute Gasteiger partial charge is 0.305 e. The average Bonchev–Trinajstić information content (AvgIpc) is 2.41. The first-order valence-corrected chi connectivity index (χ1v) is 5.75. The molecule has 1 atom stereocenters. The molecule has 0 unspecified atom stereocenters. The summed E-state index contributed by atoms with van der Waals surface area (Å²) < 4.78 is 26.4. The van der Waals surface area contributed by atoms with Crippen LogP contribution in [-0.4, -0.2) is 4.98 Å². The van der Waals surface area contributed by atoms with E-state index in [-0.39, 0.29) is 12.6 Å². The maximum atomic E-state index is 13.4. The van der Waals surface area contributed by atoms with Crippen molar-refractivity contribution in [2.45, 2.75) is 19.5 Å². The molecule has 1 aromatic heterocycles. The van der Waals surface area contributed by atoms with Crippen molar-refractivity contribution in [3.05, 3.63) is 65.5 Å². The zero-order chi connectivity index (χ0) is 13.0. The van der Waals surface area contributed by atoms with Crippen LogP contribution in [-0.2, 0) is 6.54 Å². The molecular weight excluding hydrogens is 234 g/mol. The Labute approximate surface area is 105 Å². The van der Waals surface area contributed by atoms with Gasteiger partial charge in [0.05, 0.1) is 5.69 Å². The van der Waals surface area contributed by atoms with E-state index in [1.807, 2.05) is 25.1 Å². The van der Waals surface area contributed by atoms with Gasteiger partial charge in [0.2, 0.25) is 0 Å². The van der Waals surface area contributed by atoms with Gasteiger partial charge in [-0.1, -0.05) is 18.2 Å². The SMILES string of the molecule is C[C@H](NCc1cccc(F)c1F)c1ccccn1. The molecule has 0 bridgehead atoms. The first-order valence-electron chi connectivity index (χ1n) is 5.75. The molecule has 0 saturated heterocycles. The quantitative estimate of drug-likeness (QED) is 0.898. The summed E-state index contributed by atoms with van der Waals surface area (Å²) in [6.07, 6.45) is 1.70. The molecule has 94 valence electrons. The van der Waals surface area contributed by atoms with Gasteiger partial charge < -0.3 is 5.32 Å². The van der Waals surface area contributed by atoms with E-state index < -0.39 is 11.6 Å². The minimum atomic E-state index is -0.820. The van der Waals surface area contributed by atoms with Crippen LogP contribution in [0.1, 0.15) is 24.2 Å². The maximum Gasteiger partial charge on any atom is 0.163 e. The lowest BCUT2D eigenvalue weighted by Gasteiger charge is -2.13. The molecule has 0 fully saturated rings. The van der Waals surface area contributed by atoms with Crippen LogP contribution < -0.4 is 5.32 Å². The minimum absolute atomic E-state index is 0.0196. The Morgan fingerprint density at radius 3 is 2.72 bits per heavy atom. The fraction of sp³-hybridized carbons (Fsp3) is 0.214. The zero-order valence-electron chi connectivity index (χ0n) is 10.0. The number of rotatable bonds is 4. The van der Waals surface area contributed by atoms with Crippen molar-refractivity contribution in [2.75, 3.05) is 0 Å². The van der Waals surface area contributed by atoms with Gasteiger partial charge in [-0.25, -0.2) is 8.78 Å². The maximum absolute atomic E-state index is 13.4. The van der Waals surface area contributed by atoms with Crippen LogP contribution in [0.5, 0.6) is 0 Å². The summed E-state index contributed by atoms with van der Waals surface area (Å²) in [6.45, 7) is 2.20. The van der Waals surface area contributed by atoms with Crippen molar-refractivity contribution in [3.63, 3.8) is 0 Å². The van der Waals surface area contributed by atoms with Gasteiger partial charge in [-0.3, -0.25) is 4.98 Å². The number of nitrogens with zero attached hydrogens (tertiary/aromatic N) is 1. The summed E-state index contributed by atoms with van der Waals surface area (Å²) in [6, 6.07) is 9.78. The number of hydrogen-bond acceptors (Lipinski definition) is 2. The topological polar surface area (TPSA) is 24.9 Å². The highest BCUT2D eigenvalue weighted by atomic mass is 19.2.